The number of nitrogens with zero attached hydrogens (tertiary/aromatic N) is 10. The number of nitrogens with one attached hydrogen (secondary N) is 9. The van der Waals surface area contributed by atoms with E-state index in [2.05, 4.69) is 82.7 Å². The van der Waals surface area contributed by atoms with Crippen molar-refractivity contribution in [2.75, 3.05) is 89.6 Å². The van der Waals surface area contributed by atoms with Crippen molar-refractivity contribution in [3.63, 3.8) is 0 Å². The quantitative estimate of drug-likeness (QED) is 0.0230. The Morgan fingerprint density at radius 1 is 0.473 bits per heavy atom. The molecule has 0 spiro atoms. The van der Waals surface area contributed by atoms with Gasteiger partial charge in [-0.3, -0.25) is 0 Å². The third kappa shape index (κ3) is 32.2. The number of carbonyl (C=O) groups excluding carboxylic acids is 3. The Bertz CT molecular complexity index is 3950. The number of guanidine groups is 1. The molecule has 3 amide bonds. The number of piperidine rings is 4. The Morgan fingerprint density at radius 2 is 0.827 bits per heavy atom. The maximum absolute atomic E-state index is 12.5. The van der Waals surface area contributed by atoms with Crippen LogP contribution >= 0.6 is 58.0 Å². The summed E-state index contributed by atoms with van der Waals surface area (Å²) in [6.07, 6.45) is 20.9. The van der Waals surface area contributed by atoms with Gasteiger partial charge in [-0.15, -0.1) is 0 Å². The smallest absolute Gasteiger partial charge is 0.410 e. The lowest BCUT2D eigenvalue weighted by Crippen LogP contribution is -2.49. The molecule has 0 aliphatic carbocycles. The lowest BCUT2D eigenvalue weighted by atomic mass is 10.0. The summed E-state index contributed by atoms with van der Waals surface area (Å²) >= 11 is 29.7. The van der Waals surface area contributed by atoms with Crippen molar-refractivity contribution in [1.82, 2.24) is 55.2 Å². The molecule has 594 valence electrons. The van der Waals surface area contributed by atoms with Crippen LogP contribution in [-0.4, -0.2) is 168 Å². The first-order chi connectivity index (χ1) is 52.6. The van der Waals surface area contributed by atoms with Crippen LogP contribution in [0.2, 0.25) is 20.1 Å². The van der Waals surface area contributed by atoms with E-state index in [0.717, 1.165) is 106 Å². The van der Waals surface area contributed by atoms with Gasteiger partial charge in [0, 0.05) is 126 Å². The van der Waals surface area contributed by atoms with Crippen LogP contribution in [0.25, 0.3) is 0 Å². The highest BCUT2D eigenvalue weighted by molar-refractivity contribution is 6.32. The Kier molecular flexibility index (Phi) is 34.4. The number of carbonyl (C=O) groups is 3. The van der Waals surface area contributed by atoms with Gasteiger partial charge < -0.3 is 82.5 Å². The Hall–Kier alpha value is -8.89. The van der Waals surface area contributed by atoms with Gasteiger partial charge in [0.05, 0.1) is 12.1 Å². The largest absolute Gasteiger partial charge is 0.444 e. The van der Waals surface area contributed by atoms with E-state index < -0.39 is 16.8 Å². The van der Waals surface area contributed by atoms with E-state index >= 15 is 0 Å². The van der Waals surface area contributed by atoms with Crippen molar-refractivity contribution in [3.05, 3.63) is 166 Å². The lowest BCUT2D eigenvalue weighted by Gasteiger charge is -2.36. The van der Waals surface area contributed by atoms with Crippen molar-refractivity contribution < 1.29 is 28.6 Å². The zero-order chi connectivity index (χ0) is 79.1. The number of likely N-dealkylation sites (tertiary alicyclic amines) is 3. The topological polar surface area (TPSA) is 313 Å². The molecule has 26 nitrogen and oxygen atoms in total. The predicted octanol–water partition coefficient (Wildman–Crippen LogP) is 18.1. The van der Waals surface area contributed by atoms with E-state index in [0.29, 0.717) is 94.3 Å². The molecule has 8 heterocycles. The molecule has 110 heavy (non-hydrogen) atoms. The van der Waals surface area contributed by atoms with Gasteiger partial charge >= 0.3 is 18.3 Å². The van der Waals surface area contributed by atoms with E-state index in [4.69, 9.17) is 77.9 Å². The highest BCUT2D eigenvalue weighted by Crippen LogP contribution is 2.28. The van der Waals surface area contributed by atoms with E-state index in [9.17, 15) is 14.4 Å². The molecular weight excluding hydrogens is 1500 g/mol. The molecule has 5 aliphatic heterocycles. The molecule has 0 saturated carbocycles. The highest BCUT2D eigenvalue weighted by atomic mass is 35.5. The number of amides is 3. The van der Waals surface area contributed by atoms with Gasteiger partial charge in [-0.1, -0.05) is 88.7 Å². The molecule has 12 rings (SSSR count). The summed E-state index contributed by atoms with van der Waals surface area (Å²) in [5, 5.41) is 31.7. The SMILES string of the molecule is CC(C)(C)OC(=O)N1CCCCC1CN.CC(C)(C)OC(=O)N1CCCCC1CNc1ccnc(Nc2cccc(Cl)c2)n1.CC(C)(C)OC(=O)N1CCCCC1CNc1ccnc(Nc2cccc(Cl)c2)n1.Clc1cccc(NC2=NC(Cl)C=CN2)c1.Clc1cccc(Nc2nccc(NCC3CCCCN3)n2)c1. The second-order valence-corrected chi connectivity index (χ2v) is 31.9. The number of aliphatic imine (C=N–C) groups is 1. The predicted molar refractivity (Wildman–Crippen MR) is 447 cm³/mol. The van der Waals surface area contributed by atoms with Crippen LogP contribution in [0.1, 0.15) is 139 Å². The lowest BCUT2D eigenvalue weighted by molar-refractivity contribution is 0.0100. The minimum atomic E-state index is -0.500. The zero-order valence-electron chi connectivity index (χ0n) is 64.3. The molecule has 5 unspecified atom stereocenters. The minimum absolute atomic E-state index is 0.0675. The molecule has 5 aliphatic rings. The summed E-state index contributed by atoms with van der Waals surface area (Å²) < 4.78 is 16.5. The summed E-state index contributed by atoms with van der Waals surface area (Å²) in [6.45, 7) is 22.9. The summed E-state index contributed by atoms with van der Waals surface area (Å²) in [5.41, 5.74) is 7.27. The van der Waals surface area contributed by atoms with Crippen molar-refractivity contribution in [1.29, 1.82) is 0 Å². The van der Waals surface area contributed by atoms with Crippen LogP contribution in [0.3, 0.4) is 0 Å². The normalized spacial score (nSPS) is 18.3. The Balaban J connectivity index is 0.000000177. The van der Waals surface area contributed by atoms with Crippen molar-refractivity contribution in [2.24, 2.45) is 10.7 Å². The van der Waals surface area contributed by atoms with Crippen LogP contribution in [0.5, 0.6) is 0 Å². The molecule has 4 fully saturated rings. The number of halogens is 5. The van der Waals surface area contributed by atoms with Crippen LogP contribution in [-0.2, 0) is 14.2 Å². The van der Waals surface area contributed by atoms with Gasteiger partial charge in [-0.05, 0) is 237 Å². The first-order valence-electron chi connectivity index (χ1n) is 37.5. The van der Waals surface area contributed by atoms with Crippen LogP contribution in [0.4, 0.5) is 72.4 Å². The van der Waals surface area contributed by atoms with E-state index in [1.54, 1.807) is 35.8 Å². The third-order valence-electron chi connectivity index (χ3n) is 17.0. The molecule has 4 aromatic carbocycles. The number of benzene rings is 4. The fourth-order valence-electron chi connectivity index (χ4n) is 11.9. The number of ether oxygens (including phenoxy) is 3. The standard InChI is InChI=1S/2C21H28ClN5O2.C16H20ClN5.C11H22N2O2.C10H9Cl2N3/c2*1-21(2,3)29-20(28)27-12-5-4-9-17(27)14-24-18-10-11-23-19(26-18)25-16-8-6-7-15(22)13-16;17-12-4-3-6-13(10-12)21-16-19-9-7-15(22-16)20-11-14-5-1-2-8-18-14;1-11(2,3)15-10(14)13-7-5-4-6-9(13)8-12;11-7-2-1-3-8(6-7)14-10-13-5-4-9(12)15-10/h2*6-8,10-11,13,17H,4-5,9,12,14H2,1-3H3,(H2,23,24,25,26);3-4,6-7,9-10,14,18H,1-2,5,8,11H2,(H2,19,20,21,22);9H,4-8,12H2,1-3H3;1-6,9H,(H2,13,14,15). The number of hydrogen-bond acceptors (Lipinski definition) is 23. The molecule has 5 atom stereocenters. The van der Waals surface area contributed by atoms with E-state index in [1.807, 2.05) is 187 Å². The Morgan fingerprint density at radius 3 is 1.17 bits per heavy atom. The number of hydrogen-bond donors (Lipinski definition) is 10. The summed E-state index contributed by atoms with van der Waals surface area (Å²) in [6, 6.07) is 36.0. The van der Waals surface area contributed by atoms with Gasteiger partial charge in [0.1, 0.15) is 39.8 Å². The van der Waals surface area contributed by atoms with Gasteiger partial charge in [-0.2, -0.15) is 15.0 Å². The number of aromatic nitrogens is 6. The maximum Gasteiger partial charge on any atom is 0.410 e. The molecule has 7 aromatic rings. The number of alkyl halides is 1. The average Bonchev–Trinajstić information content (AvgIpc) is 0.852. The summed E-state index contributed by atoms with van der Waals surface area (Å²) in [7, 11) is 0. The van der Waals surface area contributed by atoms with Crippen LogP contribution in [0, 0.1) is 0 Å². The van der Waals surface area contributed by atoms with Gasteiger partial charge in [0.2, 0.25) is 23.8 Å². The van der Waals surface area contributed by atoms with Crippen molar-refractivity contribution in [3.8, 4) is 0 Å². The third-order valence-corrected chi connectivity index (χ3v) is 18.2. The number of nitrogens with two attached hydrogens (primary N) is 1. The molecule has 0 bridgehead atoms. The highest BCUT2D eigenvalue weighted by Gasteiger charge is 2.33. The summed E-state index contributed by atoms with van der Waals surface area (Å²) in [4.78, 5) is 72.7. The first-order valence-corrected chi connectivity index (χ1v) is 39.4. The molecule has 4 saturated heterocycles. The van der Waals surface area contributed by atoms with Crippen LogP contribution < -0.4 is 53.6 Å². The molecule has 0 radical (unpaired) electrons. The monoisotopic (exact) mass is 1610 g/mol. The van der Waals surface area contributed by atoms with E-state index in [-0.39, 0.29) is 41.9 Å². The molecular formula is C79H107Cl5N20O6. The van der Waals surface area contributed by atoms with Gasteiger partial charge in [0.15, 0.2) is 0 Å². The van der Waals surface area contributed by atoms with Gasteiger partial charge in [0.25, 0.3) is 0 Å². The van der Waals surface area contributed by atoms with E-state index in [1.165, 1.54) is 19.3 Å². The molecule has 11 N–H and O–H groups in total. The fraction of sp³-hybridized carbons (Fsp3) is 0.468. The second-order valence-electron chi connectivity index (χ2n) is 29.7. The van der Waals surface area contributed by atoms with Gasteiger partial charge in [-0.25, -0.2) is 34.3 Å². The molecule has 3 aromatic heterocycles. The fourth-order valence-corrected chi connectivity index (χ4v) is 12.9. The Labute approximate surface area is 672 Å². The van der Waals surface area contributed by atoms with Crippen molar-refractivity contribution in [2.45, 2.75) is 186 Å². The van der Waals surface area contributed by atoms with Crippen molar-refractivity contribution >= 4 is 140 Å². The summed E-state index contributed by atoms with van der Waals surface area (Å²) in [5.74, 6) is 4.34. The second kappa shape index (κ2) is 43.6. The number of rotatable bonds is 17. The first kappa shape index (κ1) is 86.7. The number of anilines is 10. The van der Waals surface area contributed by atoms with Crippen LogP contribution in [0.15, 0.2) is 151 Å². The average molecular weight is 1610 g/mol. The maximum atomic E-state index is 12.5. The molecule has 31 heteroatoms. The zero-order valence-corrected chi connectivity index (χ0v) is 68.1. The minimum Gasteiger partial charge on any atom is -0.444 e.